The van der Waals surface area contributed by atoms with Crippen LogP contribution in [0.1, 0.15) is 28.5 Å². The van der Waals surface area contributed by atoms with Gasteiger partial charge in [-0.05, 0) is 36.8 Å². The summed E-state index contributed by atoms with van der Waals surface area (Å²) < 4.78 is 11.5. The Kier molecular flexibility index (Phi) is 8.63. The summed E-state index contributed by atoms with van der Waals surface area (Å²) in [6.45, 7) is 2.57. The summed E-state index contributed by atoms with van der Waals surface area (Å²) in [5, 5.41) is 4.26. The summed E-state index contributed by atoms with van der Waals surface area (Å²) in [5.74, 6) is 0.355. The molecule has 0 atom stereocenters. The first-order valence-electron chi connectivity index (χ1n) is 9.58. The molecule has 0 bridgehead atoms. The molecule has 33 heavy (non-hydrogen) atoms. The molecule has 0 radical (unpaired) electrons. The van der Waals surface area contributed by atoms with Gasteiger partial charge >= 0.3 is 0 Å². The average Bonchev–Trinajstić information content (AvgIpc) is 2.80. The molecule has 1 amide bonds. The maximum Gasteiger partial charge on any atom is 0.291 e. The number of nitrogens with zero attached hydrogens (tertiary/aromatic N) is 2. The monoisotopic (exact) mass is 526 g/mol. The lowest BCUT2D eigenvalue weighted by molar-refractivity contribution is 0.0950. The van der Waals surface area contributed by atoms with Crippen LogP contribution >= 0.6 is 46.4 Å². The van der Waals surface area contributed by atoms with Crippen molar-refractivity contribution in [1.82, 2.24) is 10.4 Å². The van der Waals surface area contributed by atoms with Crippen LogP contribution in [-0.4, -0.2) is 23.7 Å². The van der Waals surface area contributed by atoms with Crippen LogP contribution in [-0.2, 0) is 6.61 Å². The first-order chi connectivity index (χ1) is 15.8. The Hall–Kier alpha value is -2.71. The molecular formula is C22H18Cl4N4O3. The second-order valence-electron chi connectivity index (χ2n) is 6.51. The van der Waals surface area contributed by atoms with Crippen molar-refractivity contribution in [3.63, 3.8) is 0 Å². The van der Waals surface area contributed by atoms with E-state index in [1.54, 1.807) is 24.3 Å². The lowest BCUT2D eigenvalue weighted by Crippen LogP contribution is -2.20. The van der Waals surface area contributed by atoms with Crippen LogP contribution in [0.25, 0.3) is 0 Å². The number of pyridine rings is 1. The predicted octanol–water partition coefficient (Wildman–Crippen LogP) is 6.02. The second-order valence-corrected chi connectivity index (χ2v) is 8.03. The van der Waals surface area contributed by atoms with E-state index in [1.807, 2.05) is 25.1 Å². The molecule has 0 fully saturated rings. The summed E-state index contributed by atoms with van der Waals surface area (Å²) in [7, 11) is 0. The molecule has 0 spiro atoms. The largest absolute Gasteiger partial charge is 0.490 e. The number of carbonyl (C=O) groups is 1. The zero-order valence-electron chi connectivity index (χ0n) is 17.2. The van der Waals surface area contributed by atoms with Gasteiger partial charge in [0, 0.05) is 10.6 Å². The molecule has 3 aromatic rings. The molecule has 2 aromatic carbocycles. The molecule has 0 aliphatic rings. The molecule has 0 saturated heterocycles. The number of anilines is 1. The van der Waals surface area contributed by atoms with Crippen LogP contribution in [0.5, 0.6) is 11.5 Å². The Labute approximate surface area is 210 Å². The Bertz CT molecular complexity index is 1200. The maximum absolute atomic E-state index is 12.4. The molecule has 172 valence electrons. The van der Waals surface area contributed by atoms with E-state index in [1.165, 1.54) is 6.21 Å². The molecule has 7 nitrogen and oxygen atoms in total. The van der Waals surface area contributed by atoms with Gasteiger partial charge in [-0.3, -0.25) is 4.79 Å². The lowest BCUT2D eigenvalue weighted by atomic mass is 10.2. The van der Waals surface area contributed by atoms with Gasteiger partial charge in [0.05, 0.1) is 23.5 Å². The van der Waals surface area contributed by atoms with E-state index >= 15 is 0 Å². The highest BCUT2D eigenvalue weighted by molar-refractivity contribution is 6.46. The van der Waals surface area contributed by atoms with Crippen molar-refractivity contribution < 1.29 is 14.3 Å². The number of ether oxygens (including phenoxy) is 2. The van der Waals surface area contributed by atoms with Crippen molar-refractivity contribution in [3.8, 4) is 11.5 Å². The Morgan fingerprint density at radius 3 is 2.58 bits per heavy atom. The van der Waals surface area contributed by atoms with Gasteiger partial charge in [0.2, 0.25) is 0 Å². The SMILES string of the molecule is CCOc1cc(C=NNC(=O)c2nc(Cl)c(Cl)c(N)c2Cl)ccc1OCc1ccccc1Cl. The summed E-state index contributed by atoms with van der Waals surface area (Å²) in [6.07, 6.45) is 1.42. The highest BCUT2D eigenvalue weighted by atomic mass is 35.5. The van der Waals surface area contributed by atoms with Gasteiger partial charge in [-0.15, -0.1) is 0 Å². The number of nitrogens with two attached hydrogens (primary N) is 1. The number of hydrogen-bond acceptors (Lipinski definition) is 6. The number of rotatable bonds is 8. The molecule has 0 saturated carbocycles. The highest BCUT2D eigenvalue weighted by Crippen LogP contribution is 2.34. The minimum atomic E-state index is -0.703. The van der Waals surface area contributed by atoms with Crippen molar-refractivity contribution >= 4 is 64.2 Å². The normalized spacial score (nSPS) is 10.9. The fourth-order valence-corrected chi connectivity index (χ4v) is 3.45. The van der Waals surface area contributed by atoms with Gasteiger partial charge in [-0.2, -0.15) is 5.10 Å². The van der Waals surface area contributed by atoms with Crippen molar-refractivity contribution in [3.05, 3.63) is 79.5 Å². The fourth-order valence-electron chi connectivity index (χ4n) is 2.66. The minimum Gasteiger partial charge on any atom is -0.490 e. The van der Waals surface area contributed by atoms with Crippen molar-refractivity contribution in [2.45, 2.75) is 13.5 Å². The van der Waals surface area contributed by atoms with E-state index in [-0.39, 0.29) is 33.2 Å². The quantitative estimate of drug-likeness (QED) is 0.212. The zero-order valence-corrected chi connectivity index (χ0v) is 20.3. The first kappa shape index (κ1) is 24.9. The van der Waals surface area contributed by atoms with Crippen molar-refractivity contribution in [2.75, 3.05) is 12.3 Å². The number of aromatic nitrogens is 1. The molecule has 3 N–H and O–H groups in total. The second kappa shape index (κ2) is 11.4. The zero-order chi connectivity index (χ0) is 24.0. The number of nitrogens with one attached hydrogen (secondary N) is 1. The average molecular weight is 528 g/mol. The Morgan fingerprint density at radius 1 is 1.09 bits per heavy atom. The number of nitrogen functional groups attached to an aromatic ring is 1. The molecule has 1 aromatic heterocycles. The molecule has 11 heteroatoms. The molecule has 0 aliphatic carbocycles. The third-order valence-electron chi connectivity index (χ3n) is 4.28. The van der Waals surface area contributed by atoms with Crippen LogP contribution in [0, 0.1) is 0 Å². The standard InChI is InChI=1S/C22H18Cl4N4O3/c1-2-32-16-9-12(7-8-15(16)33-11-13-5-3-4-6-14(13)23)10-28-30-22(31)20-17(24)19(27)18(25)21(26)29-20/h3-10H,2,11H2,1H3,(H2,27,29)(H,30,31). The van der Waals surface area contributed by atoms with Gasteiger partial charge in [0.15, 0.2) is 22.3 Å². The summed E-state index contributed by atoms with van der Waals surface area (Å²) in [6, 6.07) is 12.6. The smallest absolute Gasteiger partial charge is 0.291 e. The Morgan fingerprint density at radius 2 is 1.85 bits per heavy atom. The predicted molar refractivity (Wildman–Crippen MR) is 132 cm³/mol. The van der Waals surface area contributed by atoms with Gasteiger partial charge in [-0.25, -0.2) is 10.4 Å². The summed E-state index contributed by atoms with van der Waals surface area (Å²) in [4.78, 5) is 16.2. The molecule has 0 aliphatic heterocycles. The maximum atomic E-state index is 12.4. The molecule has 0 unspecified atom stereocenters. The highest BCUT2D eigenvalue weighted by Gasteiger charge is 2.19. The topological polar surface area (TPSA) is 98.8 Å². The number of halogens is 4. The molecule has 3 rings (SSSR count). The van der Waals surface area contributed by atoms with Crippen molar-refractivity contribution in [2.24, 2.45) is 5.10 Å². The number of benzene rings is 2. The number of hydrazone groups is 1. The van der Waals surface area contributed by atoms with Gasteiger partial charge in [-0.1, -0.05) is 64.6 Å². The fraction of sp³-hybridized carbons (Fsp3) is 0.136. The van der Waals surface area contributed by atoms with Crippen LogP contribution in [0.3, 0.4) is 0 Å². The van der Waals surface area contributed by atoms with E-state index in [0.29, 0.717) is 28.7 Å². The van der Waals surface area contributed by atoms with E-state index in [4.69, 9.17) is 61.6 Å². The van der Waals surface area contributed by atoms with E-state index in [2.05, 4.69) is 15.5 Å². The third-order valence-corrected chi connectivity index (χ3v) is 5.78. The van der Waals surface area contributed by atoms with Crippen LogP contribution < -0.4 is 20.6 Å². The van der Waals surface area contributed by atoms with Crippen LogP contribution in [0.2, 0.25) is 20.2 Å². The number of hydrogen-bond donors (Lipinski definition) is 2. The minimum absolute atomic E-state index is 0.0259. The summed E-state index contributed by atoms with van der Waals surface area (Å²) >= 11 is 24.0. The number of carbonyl (C=O) groups excluding carboxylic acids is 1. The van der Waals surface area contributed by atoms with Crippen molar-refractivity contribution in [1.29, 1.82) is 0 Å². The van der Waals surface area contributed by atoms with Gasteiger partial charge < -0.3 is 15.2 Å². The lowest BCUT2D eigenvalue weighted by Gasteiger charge is -2.13. The first-order valence-corrected chi connectivity index (χ1v) is 11.1. The molecule has 1 heterocycles. The molecular weight excluding hydrogens is 510 g/mol. The summed E-state index contributed by atoms with van der Waals surface area (Å²) in [5.41, 5.74) is 9.32. The van der Waals surface area contributed by atoms with E-state index in [9.17, 15) is 4.79 Å². The van der Waals surface area contributed by atoms with Gasteiger partial charge in [0.1, 0.15) is 11.6 Å². The van der Waals surface area contributed by atoms with Crippen LogP contribution in [0.15, 0.2) is 47.6 Å². The number of amides is 1. The third kappa shape index (κ3) is 6.21. The van der Waals surface area contributed by atoms with E-state index < -0.39 is 5.91 Å². The van der Waals surface area contributed by atoms with E-state index in [0.717, 1.165) is 5.56 Å². The van der Waals surface area contributed by atoms with Crippen LogP contribution in [0.4, 0.5) is 5.69 Å². The van der Waals surface area contributed by atoms with Gasteiger partial charge in [0.25, 0.3) is 5.91 Å². The Balaban J connectivity index is 1.71.